The number of para-hydroxylation sites is 1. The summed E-state index contributed by atoms with van der Waals surface area (Å²) in [5.41, 5.74) is 0.714. The third-order valence-corrected chi connectivity index (χ3v) is 3.27. The molecule has 0 saturated carbocycles. The third-order valence-electron chi connectivity index (χ3n) is 3.27. The Morgan fingerprint density at radius 1 is 1.29 bits per heavy atom. The number of anilines is 1. The third kappa shape index (κ3) is 4.43. The molecule has 1 atom stereocenters. The van der Waals surface area contributed by atoms with E-state index in [9.17, 15) is 20.0 Å². The van der Waals surface area contributed by atoms with Gasteiger partial charge in [-0.05, 0) is 12.1 Å². The molecular weight excluding hydrogens is 314 g/mol. The number of rotatable bonds is 6. The summed E-state index contributed by atoms with van der Waals surface area (Å²) < 4.78 is 5.15. The maximum absolute atomic E-state index is 11.8. The van der Waals surface area contributed by atoms with Crippen molar-refractivity contribution in [2.24, 2.45) is 0 Å². The van der Waals surface area contributed by atoms with Crippen molar-refractivity contribution < 1.29 is 19.6 Å². The molecule has 1 unspecified atom stereocenters. The predicted octanol–water partition coefficient (Wildman–Crippen LogP) is 2.46. The number of ether oxygens (including phenoxy) is 1. The quantitative estimate of drug-likeness (QED) is 0.556. The van der Waals surface area contributed by atoms with Crippen LogP contribution >= 0.6 is 0 Å². The number of nitro benzene ring substituents is 1. The van der Waals surface area contributed by atoms with Gasteiger partial charge in [-0.3, -0.25) is 10.1 Å². The van der Waals surface area contributed by atoms with Crippen LogP contribution in [0.5, 0.6) is 5.75 Å². The van der Waals surface area contributed by atoms with E-state index in [0.29, 0.717) is 11.3 Å². The number of amides is 2. The SMILES string of the molecule is COc1ccccc1C(O)CNC(=O)Nc1cccc([N+](=O)[O-])c1. The molecule has 0 aliphatic carbocycles. The van der Waals surface area contributed by atoms with Crippen LogP contribution in [0.25, 0.3) is 0 Å². The molecule has 0 saturated heterocycles. The number of hydrogen-bond acceptors (Lipinski definition) is 5. The molecule has 8 nitrogen and oxygen atoms in total. The van der Waals surface area contributed by atoms with Gasteiger partial charge in [-0.1, -0.05) is 24.3 Å². The second kappa shape index (κ2) is 7.93. The van der Waals surface area contributed by atoms with Gasteiger partial charge in [0.05, 0.1) is 18.1 Å². The molecule has 2 aromatic rings. The first-order valence-corrected chi connectivity index (χ1v) is 7.11. The van der Waals surface area contributed by atoms with Crippen LogP contribution in [0.15, 0.2) is 48.5 Å². The molecule has 0 bridgehead atoms. The fourth-order valence-electron chi connectivity index (χ4n) is 2.11. The van der Waals surface area contributed by atoms with Crippen molar-refractivity contribution in [3.05, 3.63) is 64.2 Å². The van der Waals surface area contributed by atoms with E-state index in [1.807, 2.05) is 0 Å². The largest absolute Gasteiger partial charge is 0.496 e. The lowest BCUT2D eigenvalue weighted by Crippen LogP contribution is -2.32. The van der Waals surface area contributed by atoms with Gasteiger partial charge in [0.1, 0.15) is 5.75 Å². The van der Waals surface area contributed by atoms with Gasteiger partial charge in [-0.15, -0.1) is 0 Å². The molecule has 0 heterocycles. The summed E-state index contributed by atoms with van der Waals surface area (Å²) in [6.45, 7) is -0.0405. The average molecular weight is 331 g/mol. The molecule has 2 aromatic carbocycles. The number of carbonyl (C=O) groups excluding carboxylic acids is 1. The van der Waals surface area contributed by atoms with Crippen LogP contribution < -0.4 is 15.4 Å². The van der Waals surface area contributed by atoms with E-state index in [1.165, 1.54) is 31.4 Å². The maximum atomic E-state index is 11.8. The molecule has 0 spiro atoms. The second-order valence-corrected chi connectivity index (χ2v) is 4.90. The Labute approximate surface area is 138 Å². The lowest BCUT2D eigenvalue weighted by molar-refractivity contribution is -0.384. The minimum Gasteiger partial charge on any atom is -0.496 e. The predicted molar refractivity (Wildman–Crippen MR) is 88.1 cm³/mol. The molecular formula is C16H17N3O5. The lowest BCUT2D eigenvalue weighted by atomic mass is 10.1. The Morgan fingerprint density at radius 3 is 2.75 bits per heavy atom. The topological polar surface area (TPSA) is 114 Å². The van der Waals surface area contributed by atoms with Crippen molar-refractivity contribution in [2.45, 2.75) is 6.10 Å². The van der Waals surface area contributed by atoms with Gasteiger partial charge in [0.25, 0.3) is 5.69 Å². The first-order chi connectivity index (χ1) is 11.5. The highest BCUT2D eigenvalue weighted by Gasteiger charge is 2.14. The summed E-state index contributed by atoms with van der Waals surface area (Å²) in [6.07, 6.45) is -0.947. The Morgan fingerprint density at radius 2 is 2.04 bits per heavy atom. The zero-order chi connectivity index (χ0) is 17.5. The van der Waals surface area contributed by atoms with E-state index in [0.717, 1.165) is 0 Å². The smallest absolute Gasteiger partial charge is 0.319 e. The highest BCUT2D eigenvalue weighted by atomic mass is 16.6. The Kier molecular flexibility index (Phi) is 5.69. The highest BCUT2D eigenvalue weighted by molar-refractivity contribution is 5.89. The monoisotopic (exact) mass is 331 g/mol. The summed E-state index contributed by atoms with van der Waals surface area (Å²) in [5, 5.41) is 25.8. The average Bonchev–Trinajstić information content (AvgIpc) is 2.59. The van der Waals surface area contributed by atoms with Crippen LogP contribution in [0.1, 0.15) is 11.7 Å². The number of carbonyl (C=O) groups is 1. The van der Waals surface area contributed by atoms with E-state index in [-0.39, 0.29) is 17.9 Å². The molecule has 3 N–H and O–H groups in total. The van der Waals surface area contributed by atoms with Crippen LogP contribution in [0.4, 0.5) is 16.2 Å². The van der Waals surface area contributed by atoms with E-state index in [2.05, 4.69) is 10.6 Å². The van der Waals surface area contributed by atoms with Crippen molar-refractivity contribution >= 4 is 17.4 Å². The van der Waals surface area contributed by atoms with E-state index in [1.54, 1.807) is 24.3 Å². The van der Waals surface area contributed by atoms with Crippen LogP contribution in [0, 0.1) is 10.1 Å². The molecule has 8 heteroatoms. The standard InChI is InChI=1S/C16H17N3O5/c1-24-15-8-3-2-7-13(15)14(20)10-17-16(21)18-11-5-4-6-12(9-11)19(22)23/h2-9,14,20H,10H2,1H3,(H2,17,18,21). The van der Waals surface area contributed by atoms with Crippen LogP contribution in [0.2, 0.25) is 0 Å². The minimum absolute atomic E-state index is 0.0405. The van der Waals surface area contributed by atoms with Crippen molar-refractivity contribution in [1.29, 1.82) is 0 Å². The van der Waals surface area contributed by atoms with Crippen LogP contribution in [0.3, 0.4) is 0 Å². The molecule has 0 aliphatic heterocycles. The number of aliphatic hydroxyl groups is 1. The normalized spacial score (nSPS) is 11.4. The van der Waals surface area contributed by atoms with E-state index in [4.69, 9.17) is 4.74 Å². The van der Waals surface area contributed by atoms with Crippen molar-refractivity contribution in [1.82, 2.24) is 5.32 Å². The molecule has 0 aromatic heterocycles. The fraction of sp³-hybridized carbons (Fsp3) is 0.188. The number of nitrogens with one attached hydrogen (secondary N) is 2. The Balaban J connectivity index is 1.93. The van der Waals surface area contributed by atoms with Crippen LogP contribution in [-0.2, 0) is 0 Å². The van der Waals surface area contributed by atoms with Crippen molar-refractivity contribution in [3.8, 4) is 5.75 Å². The van der Waals surface area contributed by atoms with Crippen molar-refractivity contribution in [3.63, 3.8) is 0 Å². The Bertz CT molecular complexity index is 735. The lowest BCUT2D eigenvalue weighted by Gasteiger charge is -2.15. The van der Waals surface area contributed by atoms with Gasteiger partial charge < -0.3 is 20.5 Å². The highest BCUT2D eigenvalue weighted by Crippen LogP contribution is 2.24. The molecule has 24 heavy (non-hydrogen) atoms. The summed E-state index contributed by atoms with van der Waals surface area (Å²) in [5.74, 6) is 0.519. The summed E-state index contributed by atoms with van der Waals surface area (Å²) in [6, 6.07) is 11.9. The van der Waals surface area contributed by atoms with Gasteiger partial charge in [0.15, 0.2) is 0 Å². The minimum atomic E-state index is -0.947. The summed E-state index contributed by atoms with van der Waals surface area (Å²) in [4.78, 5) is 22.0. The number of nitro groups is 1. The van der Waals surface area contributed by atoms with Crippen LogP contribution in [-0.4, -0.2) is 29.7 Å². The number of non-ortho nitro benzene ring substituents is 1. The molecule has 0 fully saturated rings. The first kappa shape index (κ1) is 17.2. The van der Waals surface area contributed by atoms with E-state index >= 15 is 0 Å². The Hall–Kier alpha value is -3.13. The summed E-state index contributed by atoms with van der Waals surface area (Å²) in [7, 11) is 1.49. The van der Waals surface area contributed by atoms with Gasteiger partial charge in [-0.2, -0.15) is 0 Å². The molecule has 2 rings (SSSR count). The number of nitrogens with zero attached hydrogens (tertiary/aromatic N) is 1. The number of urea groups is 1. The van der Waals surface area contributed by atoms with E-state index < -0.39 is 17.1 Å². The zero-order valence-electron chi connectivity index (χ0n) is 12.9. The summed E-state index contributed by atoms with van der Waals surface area (Å²) >= 11 is 0. The number of aliphatic hydroxyl groups excluding tert-OH is 1. The fourth-order valence-corrected chi connectivity index (χ4v) is 2.11. The zero-order valence-corrected chi connectivity index (χ0v) is 12.9. The first-order valence-electron chi connectivity index (χ1n) is 7.11. The second-order valence-electron chi connectivity index (χ2n) is 4.90. The molecule has 2 amide bonds. The van der Waals surface area contributed by atoms with Gasteiger partial charge >= 0.3 is 6.03 Å². The number of benzene rings is 2. The van der Waals surface area contributed by atoms with Gasteiger partial charge in [0.2, 0.25) is 0 Å². The molecule has 126 valence electrons. The maximum Gasteiger partial charge on any atom is 0.319 e. The number of methoxy groups -OCH3 is 1. The molecule has 0 aliphatic rings. The number of hydrogen-bond donors (Lipinski definition) is 3. The molecule has 0 radical (unpaired) electrons. The van der Waals surface area contributed by atoms with Crippen molar-refractivity contribution in [2.75, 3.05) is 19.0 Å². The van der Waals surface area contributed by atoms with Gasteiger partial charge in [-0.25, -0.2) is 4.79 Å². The van der Waals surface area contributed by atoms with Gasteiger partial charge in [0, 0.05) is 29.9 Å².